The first kappa shape index (κ1) is 12.2. The summed E-state index contributed by atoms with van der Waals surface area (Å²) in [5.41, 5.74) is 6.58. The summed E-state index contributed by atoms with van der Waals surface area (Å²) in [6, 6.07) is 9.06. The van der Waals surface area contributed by atoms with Crippen LogP contribution >= 0.6 is 27.5 Å². The molecular formula is C12H10BrClN2O. The van der Waals surface area contributed by atoms with Crippen LogP contribution in [-0.4, -0.2) is 4.98 Å². The summed E-state index contributed by atoms with van der Waals surface area (Å²) in [5, 5.41) is 0.658. The van der Waals surface area contributed by atoms with Crippen LogP contribution in [0.2, 0.25) is 5.02 Å². The van der Waals surface area contributed by atoms with Gasteiger partial charge in [-0.2, -0.15) is 0 Å². The molecule has 0 fully saturated rings. The number of benzene rings is 1. The predicted octanol–water partition coefficient (Wildman–Crippen LogP) is 3.66. The second kappa shape index (κ2) is 5.38. The van der Waals surface area contributed by atoms with E-state index in [-0.39, 0.29) is 0 Å². The minimum atomic E-state index is 0.375. The smallest absolute Gasteiger partial charge is 0.134 e. The number of aromatic nitrogens is 1. The van der Waals surface area contributed by atoms with Crippen LogP contribution in [0.25, 0.3) is 0 Å². The van der Waals surface area contributed by atoms with Crippen molar-refractivity contribution in [2.45, 2.75) is 6.61 Å². The molecule has 0 bridgehead atoms. The van der Waals surface area contributed by atoms with E-state index in [0.717, 1.165) is 15.8 Å². The van der Waals surface area contributed by atoms with Gasteiger partial charge in [0.05, 0.1) is 4.47 Å². The van der Waals surface area contributed by atoms with Gasteiger partial charge in [-0.15, -0.1) is 0 Å². The largest absolute Gasteiger partial charge is 0.488 e. The number of rotatable bonds is 3. The zero-order valence-corrected chi connectivity index (χ0v) is 11.2. The zero-order valence-electron chi connectivity index (χ0n) is 8.86. The standard InChI is InChI=1S/C12H10BrClN2O/c13-10-6-9(14)3-4-11(10)17-7-8-2-1-5-16-12(8)15/h1-6H,7H2,(H2,15,16). The maximum absolute atomic E-state index is 5.84. The molecule has 0 saturated carbocycles. The number of nitrogens with zero attached hydrogens (tertiary/aromatic N) is 1. The Morgan fingerprint density at radius 3 is 2.88 bits per heavy atom. The first-order valence-electron chi connectivity index (χ1n) is 4.94. The molecule has 1 heterocycles. The fourth-order valence-electron chi connectivity index (χ4n) is 1.32. The van der Waals surface area contributed by atoms with Crippen molar-refractivity contribution >= 4 is 33.3 Å². The van der Waals surface area contributed by atoms with Gasteiger partial charge in [0.25, 0.3) is 0 Å². The van der Waals surface area contributed by atoms with Gasteiger partial charge in [-0.3, -0.25) is 0 Å². The van der Waals surface area contributed by atoms with E-state index in [1.54, 1.807) is 24.4 Å². The number of pyridine rings is 1. The number of nitrogens with two attached hydrogens (primary N) is 1. The van der Waals surface area contributed by atoms with Crippen molar-refractivity contribution in [2.75, 3.05) is 5.73 Å². The lowest BCUT2D eigenvalue weighted by Crippen LogP contribution is -2.02. The highest BCUT2D eigenvalue weighted by molar-refractivity contribution is 9.10. The molecule has 88 valence electrons. The summed E-state index contributed by atoms with van der Waals surface area (Å²) in [4.78, 5) is 3.99. The van der Waals surface area contributed by atoms with Crippen LogP contribution < -0.4 is 10.5 Å². The molecule has 0 aliphatic carbocycles. The molecule has 0 amide bonds. The first-order chi connectivity index (χ1) is 8.16. The Balaban J connectivity index is 2.10. The van der Waals surface area contributed by atoms with E-state index in [2.05, 4.69) is 20.9 Å². The second-order valence-electron chi connectivity index (χ2n) is 3.41. The number of anilines is 1. The Kier molecular flexibility index (Phi) is 3.86. The lowest BCUT2D eigenvalue weighted by atomic mass is 10.3. The minimum absolute atomic E-state index is 0.375. The molecule has 17 heavy (non-hydrogen) atoms. The van der Waals surface area contributed by atoms with Gasteiger partial charge in [-0.25, -0.2) is 4.98 Å². The van der Waals surface area contributed by atoms with Gasteiger partial charge < -0.3 is 10.5 Å². The van der Waals surface area contributed by atoms with Gasteiger partial charge in [-0.05, 0) is 40.2 Å². The normalized spacial score (nSPS) is 10.2. The minimum Gasteiger partial charge on any atom is -0.488 e. The van der Waals surface area contributed by atoms with E-state index in [1.807, 2.05) is 12.1 Å². The molecule has 0 radical (unpaired) electrons. The summed E-state index contributed by atoms with van der Waals surface area (Å²) in [6.45, 7) is 0.375. The van der Waals surface area contributed by atoms with Crippen LogP contribution in [-0.2, 0) is 6.61 Å². The topological polar surface area (TPSA) is 48.1 Å². The Morgan fingerprint density at radius 1 is 1.35 bits per heavy atom. The molecule has 2 aromatic rings. The highest BCUT2D eigenvalue weighted by Crippen LogP contribution is 2.28. The number of hydrogen-bond acceptors (Lipinski definition) is 3. The average Bonchev–Trinajstić information content (AvgIpc) is 2.30. The van der Waals surface area contributed by atoms with E-state index >= 15 is 0 Å². The van der Waals surface area contributed by atoms with Crippen LogP contribution in [0.1, 0.15) is 5.56 Å². The van der Waals surface area contributed by atoms with Crippen molar-refractivity contribution in [2.24, 2.45) is 0 Å². The monoisotopic (exact) mass is 312 g/mol. The molecule has 0 unspecified atom stereocenters. The van der Waals surface area contributed by atoms with Crippen molar-refractivity contribution in [3.8, 4) is 5.75 Å². The van der Waals surface area contributed by atoms with Crippen LogP contribution in [0.4, 0.5) is 5.82 Å². The predicted molar refractivity (Wildman–Crippen MR) is 72.1 cm³/mol. The molecular weight excluding hydrogens is 304 g/mol. The van der Waals surface area contributed by atoms with Crippen LogP contribution in [0.15, 0.2) is 41.0 Å². The second-order valence-corrected chi connectivity index (χ2v) is 4.70. The van der Waals surface area contributed by atoms with Gasteiger partial charge in [0.2, 0.25) is 0 Å². The Hall–Kier alpha value is -1.26. The Bertz CT molecular complexity index is 534. The molecule has 5 heteroatoms. The summed E-state index contributed by atoms with van der Waals surface area (Å²) < 4.78 is 6.45. The zero-order chi connectivity index (χ0) is 12.3. The molecule has 1 aromatic heterocycles. The number of halogens is 2. The number of nitrogen functional groups attached to an aromatic ring is 1. The molecule has 1 aromatic carbocycles. The first-order valence-corrected chi connectivity index (χ1v) is 6.11. The third kappa shape index (κ3) is 3.11. The highest BCUT2D eigenvalue weighted by atomic mass is 79.9. The molecule has 0 atom stereocenters. The molecule has 0 aliphatic heterocycles. The molecule has 2 rings (SSSR count). The highest BCUT2D eigenvalue weighted by Gasteiger charge is 2.04. The lowest BCUT2D eigenvalue weighted by molar-refractivity contribution is 0.304. The average molecular weight is 314 g/mol. The fourth-order valence-corrected chi connectivity index (χ4v) is 2.12. The van der Waals surface area contributed by atoms with Gasteiger partial charge in [0.1, 0.15) is 18.2 Å². The van der Waals surface area contributed by atoms with Gasteiger partial charge in [-0.1, -0.05) is 17.7 Å². The number of hydrogen-bond donors (Lipinski definition) is 1. The van der Waals surface area contributed by atoms with E-state index in [1.165, 1.54) is 0 Å². The molecule has 0 spiro atoms. The Labute approximate surface area is 113 Å². The quantitative estimate of drug-likeness (QED) is 0.940. The summed E-state index contributed by atoms with van der Waals surface area (Å²) in [7, 11) is 0. The van der Waals surface area contributed by atoms with Crippen molar-refractivity contribution in [3.05, 3.63) is 51.6 Å². The van der Waals surface area contributed by atoms with Gasteiger partial charge in [0, 0.05) is 16.8 Å². The van der Waals surface area contributed by atoms with E-state index in [9.17, 15) is 0 Å². The van der Waals surface area contributed by atoms with Crippen LogP contribution in [0.5, 0.6) is 5.75 Å². The molecule has 0 saturated heterocycles. The third-order valence-electron chi connectivity index (χ3n) is 2.20. The Morgan fingerprint density at radius 2 is 2.18 bits per heavy atom. The van der Waals surface area contributed by atoms with Crippen LogP contribution in [0, 0.1) is 0 Å². The summed E-state index contributed by atoms with van der Waals surface area (Å²) in [6.07, 6.45) is 1.65. The summed E-state index contributed by atoms with van der Waals surface area (Å²) in [5.74, 6) is 1.20. The maximum Gasteiger partial charge on any atom is 0.134 e. The van der Waals surface area contributed by atoms with E-state index in [4.69, 9.17) is 22.1 Å². The molecule has 0 aliphatic rings. The van der Waals surface area contributed by atoms with Gasteiger partial charge >= 0.3 is 0 Å². The van der Waals surface area contributed by atoms with Crippen molar-refractivity contribution in [1.82, 2.24) is 4.98 Å². The van der Waals surface area contributed by atoms with Crippen molar-refractivity contribution < 1.29 is 4.74 Å². The fraction of sp³-hybridized carbons (Fsp3) is 0.0833. The molecule has 2 N–H and O–H groups in total. The SMILES string of the molecule is Nc1ncccc1COc1ccc(Cl)cc1Br. The van der Waals surface area contributed by atoms with Crippen molar-refractivity contribution in [1.29, 1.82) is 0 Å². The molecule has 3 nitrogen and oxygen atoms in total. The van der Waals surface area contributed by atoms with Gasteiger partial charge in [0.15, 0.2) is 0 Å². The van der Waals surface area contributed by atoms with Crippen molar-refractivity contribution in [3.63, 3.8) is 0 Å². The third-order valence-corrected chi connectivity index (χ3v) is 3.06. The number of ether oxygens (including phenoxy) is 1. The van der Waals surface area contributed by atoms with E-state index in [0.29, 0.717) is 17.4 Å². The summed E-state index contributed by atoms with van der Waals surface area (Å²) >= 11 is 9.23. The van der Waals surface area contributed by atoms with Crippen LogP contribution in [0.3, 0.4) is 0 Å². The maximum atomic E-state index is 5.84. The van der Waals surface area contributed by atoms with E-state index < -0.39 is 0 Å². The lowest BCUT2D eigenvalue weighted by Gasteiger charge is -2.09.